The van der Waals surface area contributed by atoms with Crippen LogP contribution >= 0.6 is 0 Å². The Balaban J connectivity index is 1.76. The second-order valence-electron chi connectivity index (χ2n) is 7.82. The average molecular weight is 373 g/mol. The van der Waals surface area contributed by atoms with Crippen LogP contribution in [0.3, 0.4) is 0 Å². The molecule has 1 amide bonds. The van der Waals surface area contributed by atoms with Crippen molar-refractivity contribution >= 4 is 5.91 Å². The summed E-state index contributed by atoms with van der Waals surface area (Å²) in [4.78, 5) is 12.0. The van der Waals surface area contributed by atoms with Crippen molar-refractivity contribution in [3.05, 3.63) is 58.9 Å². The predicted octanol–water partition coefficient (Wildman–Crippen LogP) is 4.68. The first kappa shape index (κ1) is 20.7. The van der Waals surface area contributed by atoms with Gasteiger partial charge in [-0.1, -0.05) is 33.3 Å². The maximum atomic E-state index is 13.3. The summed E-state index contributed by atoms with van der Waals surface area (Å²) in [7, 11) is 0. The van der Waals surface area contributed by atoms with Gasteiger partial charge in [-0.25, -0.2) is 4.39 Å². The quantitative estimate of drug-likeness (QED) is 0.617. The standard InChI is InChI=1S/C22H28FNO3/c1-22(2,3)18-14-17(25)10-8-15(18)7-5-4-6-12-24-21(27)16-9-11-20(26)19(23)13-16/h8-11,13-14,25-26H,4-7,12H2,1-3H3,(H,24,27). The molecule has 5 heteroatoms. The molecule has 0 atom stereocenters. The topological polar surface area (TPSA) is 69.6 Å². The number of aromatic hydroxyl groups is 2. The highest BCUT2D eigenvalue weighted by Crippen LogP contribution is 2.30. The van der Waals surface area contributed by atoms with Gasteiger partial charge >= 0.3 is 0 Å². The van der Waals surface area contributed by atoms with Gasteiger partial charge in [-0.3, -0.25) is 4.79 Å². The third kappa shape index (κ3) is 5.98. The number of carbonyl (C=O) groups is 1. The van der Waals surface area contributed by atoms with E-state index in [1.165, 1.54) is 17.7 Å². The molecular formula is C22H28FNO3. The molecule has 2 rings (SSSR count). The Morgan fingerprint density at radius 2 is 1.78 bits per heavy atom. The van der Waals surface area contributed by atoms with Gasteiger partial charge in [0.2, 0.25) is 0 Å². The van der Waals surface area contributed by atoms with Crippen molar-refractivity contribution in [1.29, 1.82) is 0 Å². The monoisotopic (exact) mass is 373 g/mol. The number of halogens is 1. The largest absolute Gasteiger partial charge is 0.508 e. The number of rotatable bonds is 7. The number of unbranched alkanes of at least 4 members (excludes halogenated alkanes) is 2. The normalized spacial score (nSPS) is 11.4. The number of aryl methyl sites for hydroxylation is 1. The van der Waals surface area contributed by atoms with E-state index in [1.807, 2.05) is 12.1 Å². The zero-order chi connectivity index (χ0) is 20.0. The first-order valence-corrected chi connectivity index (χ1v) is 9.27. The number of amides is 1. The van der Waals surface area contributed by atoms with Crippen molar-refractivity contribution in [3.8, 4) is 11.5 Å². The number of benzene rings is 2. The highest BCUT2D eigenvalue weighted by atomic mass is 19.1. The van der Waals surface area contributed by atoms with Gasteiger partial charge in [-0.2, -0.15) is 0 Å². The molecule has 0 aliphatic carbocycles. The Hall–Kier alpha value is -2.56. The van der Waals surface area contributed by atoms with Crippen molar-refractivity contribution in [3.63, 3.8) is 0 Å². The molecule has 0 spiro atoms. The van der Waals surface area contributed by atoms with Crippen LogP contribution in [-0.4, -0.2) is 22.7 Å². The lowest BCUT2D eigenvalue weighted by molar-refractivity contribution is 0.0952. The average Bonchev–Trinajstić information content (AvgIpc) is 2.60. The fourth-order valence-corrected chi connectivity index (χ4v) is 3.05. The third-order valence-corrected chi connectivity index (χ3v) is 4.52. The van der Waals surface area contributed by atoms with Crippen molar-refractivity contribution in [1.82, 2.24) is 5.32 Å². The van der Waals surface area contributed by atoms with E-state index >= 15 is 0 Å². The maximum Gasteiger partial charge on any atom is 0.251 e. The Bertz CT molecular complexity index is 797. The lowest BCUT2D eigenvalue weighted by Crippen LogP contribution is -2.24. The van der Waals surface area contributed by atoms with Gasteiger partial charge in [0.1, 0.15) is 5.75 Å². The smallest absolute Gasteiger partial charge is 0.251 e. The van der Waals surface area contributed by atoms with Crippen molar-refractivity contribution in [2.24, 2.45) is 0 Å². The van der Waals surface area contributed by atoms with Gasteiger partial charge in [0.05, 0.1) is 0 Å². The van der Waals surface area contributed by atoms with Gasteiger partial charge in [0.15, 0.2) is 11.6 Å². The van der Waals surface area contributed by atoms with Crippen LogP contribution in [0, 0.1) is 5.82 Å². The van der Waals surface area contributed by atoms with Crippen LogP contribution in [0.5, 0.6) is 11.5 Å². The fraction of sp³-hybridized carbons (Fsp3) is 0.409. The molecule has 0 radical (unpaired) electrons. The molecule has 0 aliphatic rings. The van der Waals surface area contributed by atoms with Crippen LogP contribution in [-0.2, 0) is 11.8 Å². The van der Waals surface area contributed by atoms with E-state index in [2.05, 4.69) is 26.1 Å². The summed E-state index contributed by atoms with van der Waals surface area (Å²) in [6.45, 7) is 6.91. The number of phenolic OH excluding ortho intramolecular Hbond substituents is 2. The van der Waals surface area contributed by atoms with Crippen molar-refractivity contribution in [2.75, 3.05) is 6.54 Å². The number of hydrogen-bond acceptors (Lipinski definition) is 3. The van der Waals surface area contributed by atoms with Gasteiger partial charge in [-0.15, -0.1) is 0 Å². The molecule has 2 aromatic carbocycles. The lowest BCUT2D eigenvalue weighted by atomic mass is 9.82. The molecule has 0 heterocycles. The first-order chi connectivity index (χ1) is 12.7. The Morgan fingerprint density at radius 3 is 2.44 bits per heavy atom. The summed E-state index contributed by atoms with van der Waals surface area (Å²) in [5, 5.41) is 21.7. The van der Waals surface area contributed by atoms with E-state index in [9.17, 15) is 14.3 Å². The summed E-state index contributed by atoms with van der Waals surface area (Å²) >= 11 is 0. The van der Waals surface area contributed by atoms with Crippen LogP contribution in [0.15, 0.2) is 36.4 Å². The van der Waals surface area contributed by atoms with E-state index in [0.717, 1.165) is 37.3 Å². The van der Waals surface area contributed by atoms with Crippen LogP contribution in [0.1, 0.15) is 61.5 Å². The van der Waals surface area contributed by atoms with E-state index in [4.69, 9.17) is 5.11 Å². The zero-order valence-corrected chi connectivity index (χ0v) is 16.2. The van der Waals surface area contributed by atoms with Crippen molar-refractivity contribution in [2.45, 2.75) is 51.9 Å². The van der Waals surface area contributed by atoms with Crippen LogP contribution in [0.4, 0.5) is 4.39 Å². The van der Waals surface area contributed by atoms with Crippen LogP contribution < -0.4 is 5.32 Å². The number of carbonyl (C=O) groups excluding carboxylic acids is 1. The van der Waals surface area contributed by atoms with Crippen molar-refractivity contribution < 1.29 is 19.4 Å². The molecule has 4 nitrogen and oxygen atoms in total. The minimum absolute atomic E-state index is 0.0263. The molecule has 146 valence electrons. The summed E-state index contributed by atoms with van der Waals surface area (Å²) in [6.07, 6.45) is 3.69. The van der Waals surface area contributed by atoms with E-state index < -0.39 is 11.6 Å². The number of hydrogen-bond donors (Lipinski definition) is 3. The number of nitrogens with one attached hydrogen (secondary N) is 1. The minimum atomic E-state index is -0.800. The Morgan fingerprint density at radius 1 is 1.04 bits per heavy atom. The molecule has 0 saturated heterocycles. The molecule has 0 unspecified atom stereocenters. The summed E-state index contributed by atoms with van der Waals surface area (Å²) in [5.41, 5.74) is 2.57. The number of phenols is 2. The minimum Gasteiger partial charge on any atom is -0.508 e. The van der Waals surface area contributed by atoms with E-state index in [0.29, 0.717) is 6.54 Å². The highest BCUT2D eigenvalue weighted by Gasteiger charge is 2.18. The molecular weight excluding hydrogens is 345 g/mol. The second kappa shape index (κ2) is 8.89. The first-order valence-electron chi connectivity index (χ1n) is 9.27. The third-order valence-electron chi connectivity index (χ3n) is 4.52. The van der Waals surface area contributed by atoms with E-state index in [1.54, 1.807) is 6.07 Å². The second-order valence-corrected chi connectivity index (χ2v) is 7.82. The molecule has 3 N–H and O–H groups in total. The molecule has 0 saturated carbocycles. The summed E-state index contributed by atoms with van der Waals surface area (Å²) < 4.78 is 13.3. The summed E-state index contributed by atoms with van der Waals surface area (Å²) in [5.74, 6) is -1.32. The van der Waals surface area contributed by atoms with Gasteiger partial charge in [0.25, 0.3) is 5.91 Å². The van der Waals surface area contributed by atoms with Crippen LogP contribution in [0.2, 0.25) is 0 Å². The molecule has 0 aliphatic heterocycles. The van der Waals surface area contributed by atoms with Gasteiger partial charge < -0.3 is 15.5 Å². The molecule has 27 heavy (non-hydrogen) atoms. The lowest BCUT2D eigenvalue weighted by Gasteiger charge is -2.23. The zero-order valence-electron chi connectivity index (χ0n) is 16.2. The molecule has 0 bridgehead atoms. The van der Waals surface area contributed by atoms with Crippen LogP contribution in [0.25, 0.3) is 0 Å². The molecule has 2 aromatic rings. The predicted molar refractivity (Wildman–Crippen MR) is 105 cm³/mol. The summed E-state index contributed by atoms with van der Waals surface area (Å²) in [6, 6.07) is 9.15. The van der Waals surface area contributed by atoms with Gasteiger partial charge in [-0.05, 0) is 66.1 Å². The SMILES string of the molecule is CC(C)(C)c1cc(O)ccc1CCCCCNC(=O)c1ccc(O)c(F)c1. The van der Waals surface area contributed by atoms with Gasteiger partial charge in [0, 0.05) is 12.1 Å². The Labute approximate surface area is 160 Å². The van der Waals surface area contributed by atoms with E-state index in [-0.39, 0.29) is 22.6 Å². The molecule has 0 aromatic heterocycles. The maximum absolute atomic E-state index is 13.3. The fourth-order valence-electron chi connectivity index (χ4n) is 3.05. The highest BCUT2D eigenvalue weighted by molar-refractivity contribution is 5.94. The Kier molecular flexibility index (Phi) is 6.83. The molecule has 0 fully saturated rings.